The van der Waals surface area contributed by atoms with Crippen molar-refractivity contribution in [3.63, 3.8) is 0 Å². The Balaban J connectivity index is 2.35. The number of halogens is 4. The van der Waals surface area contributed by atoms with Gasteiger partial charge in [0, 0.05) is 0 Å². The lowest BCUT2D eigenvalue weighted by Crippen LogP contribution is -2.14. The van der Waals surface area contributed by atoms with Crippen molar-refractivity contribution in [2.45, 2.75) is 20.0 Å². The van der Waals surface area contributed by atoms with Gasteiger partial charge in [0.1, 0.15) is 5.00 Å². The summed E-state index contributed by atoms with van der Waals surface area (Å²) in [6.45, 7) is 3.26. The van der Waals surface area contributed by atoms with Crippen LogP contribution in [-0.2, 0) is 10.9 Å². The zero-order chi connectivity index (χ0) is 19.6. The smallest absolute Gasteiger partial charge is 0.416 e. The average molecular weight is 407 g/mol. The second kappa shape index (κ2) is 7.55. The lowest BCUT2D eigenvalue weighted by Gasteiger charge is -2.11. The van der Waals surface area contributed by atoms with Gasteiger partial charge in [-0.15, -0.1) is 11.3 Å². The quantitative estimate of drug-likeness (QED) is 0.718. The molecule has 0 unspecified atom stereocenters. The first-order valence-corrected chi connectivity index (χ1v) is 8.49. The molecule has 0 bridgehead atoms. The van der Waals surface area contributed by atoms with Gasteiger partial charge in [-0.1, -0.05) is 11.6 Å². The Morgan fingerprint density at radius 1 is 1.35 bits per heavy atom. The maximum atomic E-state index is 12.8. The van der Waals surface area contributed by atoms with Crippen LogP contribution in [0.2, 0.25) is 5.02 Å². The van der Waals surface area contributed by atoms with Gasteiger partial charge < -0.3 is 15.8 Å². The molecule has 140 valence electrons. The summed E-state index contributed by atoms with van der Waals surface area (Å²) in [7, 11) is 0. The van der Waals surface area contributed by atoms with E-state index in [1.54, 1.807) is 6.92 Å². The summed E-state index contributed by atoms with van der Waals surface area (Å²) in [6, 6.07) is 2.59. The van der Waals surface area contributed by atoms with Crippen LogP contribution >= 0.6 is 22.9 Å². The second-order valence-electron chi connectivity index (χ2n) is 5.16. The normalized spacial score (nSPS) is 11.3. The van der Waals surface area contributed by atoms with Crippen molar-refractivity contribution < 1.29 is 27.5 Å². The SMILES string of the molecule is CCOC(=O)c1c(N)sc(C(=O)Nc2cc(C(F)(F)F)ccc2Cl)c1C. The Labute approximate surface area is 155 Å². The molecule has 5 nitrogen and oxygen atoms in total. The van der Waals surface area contributed by atoms with E-state index in [0.717, 1.165) is 29.5 Å². The number of alkyl halides is 3. The molecule has 0 atom stereocenters. The highest BCUT2D eigenvalue weighted by molar-refractivity contribution is 7.18. The predicted molar refractivity (Wildman–Crippen MR) is 93.8 cm³/mol. The average Bonchev–Trinajstić information content (AvgIpc) is 2.83. The van der Waals surface area contributed by atoms with Crippen molar-refractivity contribution in [1.82, 2.24) is 0 Å². The molecular formula is C16H14ClF3N2O3S. The minimum absolute atomic E-state index is 0.0563. The van der Waals surface area contributed by atoms with Gasteiger partial charge >= 0.3 is 12.1 Å². The van der Waals surface area contributed by atoms with E-state index in [-0.39, 0.29) is 38.3 Å². The van der Waals surface area contributed by atoms with Crippen molar-refractivity contribution in [2.24, 2.45) is 0 Å². The largest absolute Gasteiger partial charge is 0.462 e. The lowest BCUT2D eigenvalue weighted by atomic mass is 10.1. The first kappa shape index (κ1) is 20.1. The summed E-state index contributed by atoms with van der Waals surface area (Å²) in [5.74, 6) is -1.40. The minimum Gasteiger partial charge on any atom is -0.462 e. The van der Waals surface area contributed by atoms with Gasteiger partial charge in [0.2, 0.25) is 0 Å². The number of rotatable bonds is 4. The molecule has 1 aromatic heterocycles. The Bertz CT molecular complexity index is 865. The maximum Gasteiger partial charge on any atom is 0.416 e. The van der Waals surface area contributed by atoms with Gasteiger partial charge in [0.05, 0.1) is 33.3 Å². The van der Waals surface area contributed by atoms with E-state index in [9.17, 15) is 22.8 Å². The van der Waals surface area contributed by atoms with E-state index in [4.69, 9.17) is 22.1 Å². The predicted octanol–water partition coefficient (Wildman–Crippen LogP) is 4.74. The third-order valence-electron chi connectivity index (χ3n) is 3.40. The highest BCUT2D eigenvalue weighted by Gasteiger charge is 2.31. The molecule has 0 aliphatic heterocycles. The minimum atomic E-state index is -4.58. The number of carbonyl (C=O) groups excluding carboxylic acids is 2. The van der Waals surface area contributed by atoms with E-state index in [1.807, 2.05) is 0 Å². The van der Waals surface area contributed by atoms with Crippen molar-refractivity contribution in [2.75, 3.05) is 17.7 Å². The number of nitrogens with two attached hydrogens (primary N) is 1. The molecule has 0 aliphatic rings. The second-order valence-corrected chi connectivity index (χ2v) is 6.62. The van der Waals surface area contributed by atoms with E-state index in [2.05, 4.69) is 5.32 Å². The molecule has 0 spiro atoms. The van der Waals surface area contributed by atoms with Crippen molar-refractivity contribution in [3.05, 3.63) is 44.8 Å². The number of nitrogen functional groups attached to an aromatic ring is 1. The third kappa shape index (κ3) is 4.10. The molecule has 2 aromatic rings. The fourth-order valence-corrected chi connectivity index (χ4v) is 3.31. The summed E-state index contributed by atoms with van der Waals surface area (Å²) in [5, 5.41) is 2.35. The molecule has 0 saturated carbocycles. The third-order valence-corrected chi connectivity index (χ3v) is 4.85. The monoisotopic (exact) mass is 406 g/mol. The Morgan fingerprint density at radius 2 is 2.00 bits per heavy atom. The van der Waals surface area contributed by atoms with Gasteiger partial charge in [0.25, 0.3) is 5.91 Å². The van der Waals surface area contributed by atoms with E-state index in [0.29, 0.717) is 0 Å². The summed E-state index contributed by atoms with van der Waals surface area (Å²) >= 11 is 6.71. The van der Waals surface area contributed by atoms with Gasteiger partial charge in [-0.05, 0) is 37.6 Å². The molecule has 1 aromatic carbocycles. The summed E-state index contributed by atoms with van der Waals surface area (Å²) in [6.07, 6.45) is -4.58. The summed E-state index contributed by atoms with van der Waals surface area (Å²) < 4.78 is 43.3. The fraction of sp³-hybridized carbons (Fsp3) is 0.250. The van der Waals surface area contributed by atoms with Crippen LogP contribution < -0.4 is 11.1 Å². The van der Waals surface area contributed by atoms with Crippen LogP contribution in [0.4, 0.5) is 23.9 Å². The van der Waals surface area contributed by atoms with Crippen LogP contribution in [0.3, 0.4) is 0 Å². The molecular weight excluding hydrogens is 393 g/mol. The first-order valence-electron chi connectivity index (χ1n) is 7.30. The van der Waals surface area contributed by atoms with Crippen LogP contribution in [0.5, 0.6) is 0 Å². The van der Waals surface area contributed by atoms with E-state index < -0.39 is 23.6 Å². The van der Waals surface area contributed by atoms with Crippen LogP contribution in [-0.4, -0.2) is 18.5 Å². The molecule has 10 heteroatoms. The highest BCUT2D eigenvalue weighted by atomic mass is 35.5. The molecule has 0 aliphatic carbocycles. The van der Waals surface area contributed by atoms with E-state index in [1.165, 1.54) is 6.92 Å². The number of amides is 1. The molecule has 1 amide bonds. The van der Waals surface area contributed by atoms with E-state index >= 15 is 0 Å². The van der Waals surface area contributed by atoms with Crippen molar-refractivity contribution in [3.8, 4) is 0 Å². The number of nitrogens with one attached hydrogen (secondary N) is 1. The number of anilines is 2. The van der Waals surface area contributed by atoms with Crippen LogP contribution in [0, 0.1) is 6.92 Å². The van der Waals surface area contributed by atoms with Crippen molar-refractivity contribution >= 4 is 45.5 Å². The molecule has 26 heavy (non-hydrogen) atoms. The molecule has 0 saturated heterocycles. The topological polar surface area (TPSA) is 81.4 Å². The molecule has 1 heterocycles. The lowest BCUT2D eigenvalue weighted by molar-refractivity contribution is -0.137. The zero-order valence-electron chi connectivity index (χ0n) is 13.7. The standard InChI is InChI=1S/C16H14ClF3N2O3S/c1-3-25-15(24)11-7(2)12(26-13(11)21)14(23)22-10-6-8(16(18,19)20)4-5-9(10)17/h4-6H,3,21H2,1-2H3,(H,22,23). The number of esters is 1. The van der Waals surface area contributed by atoms with Gasteiger partial charge in [-0.25, -0.2) is 4.79 Å². The molecule has 0 fully saturated rings. The highest BCUT2D eigenvalue weighted by Crippen LogP contribution is 2.35. The summed E-state index contributed by atoms with van der Waals surface area (Å²) in [5.41, 5.74) is 4.98. The Kier molecular flexibility index (Phi) is 5.82. The van der Waals surface area contributed by atoms with Gasteiger partial charge in [-0.3, -0.25) is 4.79 Å². The number of benzene rings is 1. The summed E-state index contributed by atoms with van der Waals surface area (Å²) in [4.78, 5) is 24.4. The number of hydrogen-bond donors (Lipinski definition) is 2. The number of hydrogen-bond acceptors (Lipinski definition) is 5. The Hall–Kier alpha value is -2.26. The molecule has 2 rings (SSSR count). The Morgan fingerprint density at radius 3 is 2.58 bits per heavy atom. The van der Waals surface area contributed by atoms with Gasteiger partial charge in [-0.2, -0.15) is 13.2 Å². The van der Waals surface area contributed by atoms with Crippen molar-refractivity contribution in [1.29, 1.82) is 0 Å². The molecule has 0 radical (unpaired) electrons. The maximum absolute atomic E-state index is 12.8. The van der Waals surface area contributed by atoms with Crippen LogP contribution in [0.15, 0.2) is 18.2 Å². The van der Waals surface area contributed by atoms with Gasteiger partial charge in [0.15, 0.2) is 0 Å². The number of carbonyl (C=O) groups is 2. The van der Waals surface area contributed by atoms with Crippen LogP contribution in [0.1, 0.15) is 38.1 Å². The molecule has 3 N–H and O–H groups in total. The van der Waals surface area contributed by atoms with Crippen LogP contribution in [0.25, 0.3) is 0 Å². The fourth-order valence-electron chi connectivity index (χ4n) is 2.19. The number of ether oxygens (including phenoxy) is 1. The first-order chi connectivity index (χ1) is 12.1. The zero-order valence-corrected chi connectivity index (χ0v) is 15.2. The number of thiophene rings is 1.